The highest BCUT2D eigenvalue weighted by atomic mass is 16.7. The second kappa shape index (κ2) is 61.1. The molecule has 460 valence electrons. The Labute approximate surface area is 488 Å². The molecule has 0 saturated heterocycles. The van der Waals surface area contributed by atoms with Gasteiger partial charge < -0.3 is 28.5 Å². The molecule has 1 N–H and O–H groups in total. The number of esters is 2. The minimum Gasteiger partial charge on any atom is -0.477 e. The number of aliphatic carboxylic acids is 1. The smallest absolute Gasteiger partial charge is 0.361 e. The van der Waals surface area contributed by atoms with E-state index < -0.39 is 24.3 Å². The second-order valence-corrected chi connectivity index (χ2v) is 23.7. The van der Waals surface area contributed by atoms with Crippen LogP contribution in [0.3, 0.4) is 0 Å². The molecule has 0 spiro atoms. The quantitative estimate of drug-likeness (QED) is 0.0211. The zero-order valence-corrected chi connectivity index (χ0v) is 52.5. The van der Waals surface area contributed by atoms with Crippen LogP contribution in [0, 0.1) is 0 Å². The van der Waals surface area contributed by atoms with Gasteiger partial charge in [0.1, 0.15) is 13.2 Å². The summed E-state index contributed by atoms with van der Waals surface area (Å²) >= 11 is 0. The molecule has 0 aliphatic carbocycles. The lowest BCUT2D eigenvalue weighted by molar-refractivity contribution is -0.870. The van der Waals surface area contributed by atoms with E-state index in [2.05, 4.69) is 74.6 Å². The fourth-order valence-corrected chi connectivity index (χ4v) is 9.65. The Bertz CT molecular complexity index is 1480. The van der Waals surface area contributed by atoms with E-state index in [1.165, 1.54) is 218 Å². The maximum atomic E-state index is 12.9. The van der Waals surface area contributed by atoms with E-state index in [-0.39, 0.29) is 32.2 Å². The minimum absolute atomic E-state index is 0.180. The Morgan fingerprint density at radius 3 is 1.09 bits per heavy atom. The number of carbonyl (C=O) groups is 3. The van der Waals surface area contributed by atoms with Gasteiger partial charge in [-0.05, 0) is 77.0 Å². The average molecular weight is 1110 g/mol. The first kappa shape index (κ1) is 76.0. The average Bonchev–Trinajstić information content (AvgIpc) is 3.42. The molecule has 2 atom stereocenters. The third kappa shape index (κ3) is 62.4. The first-order chi connectivity index (χ1) is 38.6. The van der Waals surface area contributed by atoms with Crippen molar-refractivity contribution in [3.05, 3.63) is 60.8 Å². The second-order valence-electron chi connectivity index (χ2n) is 23.7. The highest BCUT2D eigenvalue weighted by Gasteiger charge is 2.25. The number of carboxylic acids is 1. The van der Waals surface area contributed by atoms with Gasteiger partial charge in [-0.25, -0.2) is 4.79 Å². The molecule has 9 heteroatoms. The van der Waals surface area contributed by atoms with Crippen molar-refractivity contribution < 1.29 is 42.9 Å². The van der Waals surface area contributed by atoms with Crippen LogP contribution in [0.1, 0.15) is 309 Å². The number of unbranched alkanes of at least 4 members (excludes halogenated alkanes) is 37. The van der Waals surface area contributed by atoms with Gasteiger partial charge >= 0.3 is 17.9 Å². The van der Waals surface area contributed by atoms with Crippen molar-refractivity contribution in [2.45, 2.75) is 322 Å². The van der Waals surface area contributed by atoms with Gasteiger partial charge in [-0.1, -0.05) is 280 Å². The fraction of sp³-hybridized carbons (Fsp3) is 0.814. The van der Waals surface area contributed by atoms with E-state index in [9.17, 15) is 19.5 Å². The van der Waals surface area contributed by atoms with Crippen LogP contribution >= 0.6 is 0 Å². The molecule has 0 fully saturated rings. The van der Waals surface area contributed by atoms with Crippen molar-refractivity contribution in [2.75, 3.05) is 47.5 Å². The van der Waals surface area contributed by atoms with Crippen LogP contribution in [0.5, 0.6) is 0 Å². The lowest BCUT2D eigenvalue weighted by atomic mass is 10.0. The summed E-state index contributed by atoms with van der Waals surface area (Å²) in [6.45, 7) is 4.81. The Hall–Kier alpha value is -3.01. The zero-order chi connectivity index (χ0) is 57.6. The van der Waals surface area contributed by atoms with Gasteiger partial charge in [0.15, 0.2) is 6.10 Å². The standard InChI is InChI=1S/C70H127NO8/c1-6-8-10-12-14-16-18-20-22-24-26-28-30-32-34-36-38-40-42-44-46-48-50-52-54-56-58-60-67(72)77-64-66(65-78-70(69(74)75)76-63-62-71(3,4)5)79-68(73)61-59-57-55-53-51-49-47-45-43-41-39-37-35-33-31-29-27-25-23-21-19-17-15-13-11-9-7-2/h9,11,15,17,21,23-24,26-27,29,66,70H,6-8,10,12-14,16,18-20,22,25,28,30-65H2,1-5H3/p+1/b11-9-,17-15-,23-21-,26-24-,29-27-. The molecule has 0 amide bonds. The van der Waals surface area contributed by atoms with E-state index in [4.69, 9.17) is 18.9 Å². The molecule has 2 unspecified atom stereocenters. The maximum Gasteiger partial charge on any atom is 0.361 e. The van der Waals surface area contributed by atoms with Gasteiger partial charge in [0.25, 0.3) is 6.29 Å². The predicted octanol–water partition coefficient (Wildman–Crippen LogP) is 20.4. The van der Waals surface area contributed by atoms with Crippen LogP contribution in [0.25, 0.3) is 0 Å². The summed E-state index contributed by atoms with van der Waals surface area (Å²) in [5, 5.41) is 9.74. The summed E-state index contributed by atoms with van der Waals surface area (Å²) in [7, 11) is 5.98. The lowest BCUT2D eigenvalue weighted by Crippen LogP contribution is -2.40. The molecule has 0 bridgehead atoms. The number of nitrogens with zero attached hydrogens (tertiary/aromatic N) is 1. The van der Waals surface area contributed by atoms with Crippen LogP contribution < -0.4 is 0 Å². The number of likely N-dealkylation sites (N-methyl/N-ethyl adjacent to an activating group) is 1. The number of rotatable bonds is 62. The number of hydrogen-bond acceptors (Lipinski definition) is 7. The highest BCUT2D eigenvalue weighted by molar-refractivity contribution is 5.71. The van der Waals surface area contributed by atoms with Crippen LogP contribution in [-0.2, 0) is 33.3 Å². The summed E-state index contributed by atoms with van der Waals surface area (Å²) in [5.74, 6) is -1.99. The Kier molecular flexibility index (Phi) is 58.7. The van der Waals surface area contributed by atoms with E-state index in [1.807, 2.05) is 21.1 Å². The normalized spacial score (nSPS) is 13.1. The van der Waals surface area contributed by atoms with Crippen LogP contribution in [-0.4, -0.2) is 87.4 Å². The molecular formula is C70H128NO8+. The van der Waals surface area contributed by atoms with Crippen LogP contribution in [0.4, 0.5) is 0 Å². The molecular weight excluding hydrogens is 983 g/mol. The summed E-state index contributed by atoms with van der Waals surface area (Å²) < 4.78 is 23.0. The van der Waals surface area contributed by atoms with Crippen molar-refractivity contribution in [2.24, 2.45) is 0 Å². The first-order valence-electron chi connectivity index (χ1n) is 33.5. The molecule has 9 nitrogen and oxygen atoms in total. The number of allylic oxidation sites excluding steroid dienone is 10. The van der Waals surface area contributed by atoms with Gasteiger partial charge in [0, 0.05) is 12.8 Å². The lowest BCUT2D eigenvalue weighted by Gasteiger charge is -2.25. The van der Waals surface area contributed by atoms with Gasteiger partial charge in [0.2, 0.25) is 0 Å². The molecule has 0 aromatic carbocycles. The molecule has 0 saturated carbocycles. The zero-order valence-electron chi connectivity index (χ0n) is 52.5. The first-order valence-corrected chi connectivity index (χ1v) is 33.5. The van der Waals surface area contributed by atoms with Gasteiger partial charge in [-0.2, -0.15) is 0 Å². The number of ether oxygens (including phenoxy) is 4. The monoisotopic (exact) mass is 1110 g/mol. The third-order valence-electron chi connectivity index (χ3n) is 14.8. The third-order valence-corrected chi connectivity index (χ3v) is 14.8. The summed E-state index contributed by atoms with van der Waals surface area (Å²) in [6.07, 6.45) is 76.1. The fourth-order valence-electron chi connectivity index (χ4n) is 9.65. The van der Waals surface area contributed by atoms with Crippen molar-refractivity contribution in [3.8, 4) is 0 Å². The molecule has 0 heterocycles. The van der Waals surface area contributed by atoms with Crippen LogP contribution in [0.2, 0.25) is 0 Å². The predicted molar refractivity (Wildman–Crippen MR) is 336 cm³/mol. The summed E-state index contributed by atoms with van der Waals surface area (Å²) in [6, 6.07) is 0. The van der Waals surface area contributed by atoms with E-state index in [1.54, 1.807) is 0 Å². The van der Waals surface area contributed by atoms with Crippen molar-refractivity contribution in [1.29, 1.82) is 0 Å². The maximum absolute atomic E-state index is 12.9. The topological polar surface area (TPSA) is 108 Å². The Balaban J connectivity index is 4.12. The van der Waals surface area contributed by atoms with Gasteiger partial charge in [-0.15, -0.1) is 0 Å². The van der Waals surface area contributed by atoms with Crippen molar-refractivity contribution in [1.82, 2.24) is 0 Å². The van der Waals surface area contributed by atoms with E-state index >= 15 is 0 Å². The van der Waals surface area contributed by atoms with Gasteiger partial charge in [0.05, 0.1) is 34.4 Å². The number of quaternary nitrogens is 1. The molecule has 0 radical (unpaired) electrons. The molecule has 0 aliphatic rings. The largest absolute Gasteiger partial charge is 0.477 e. The van der Waals surface area contributed by atoms with Crippen LogP contribution in [0.15, 0.2) is 60.8 Å². The van der Waals surface area contributed by atoms with Gasteiger partial charge in [-0.3, -0.25) is 9.59 Å². The number of carboxylic acid groups (broad SMARTS) is 1. The number of hydrogen-bond donors (Lipinski definition) is 1. The van der Waals surface area contributed by atoms with Crippen molar-refractivity contribution >= 4 is 17.9 Å². The molecule has 79 heavy (non-hydrogen) atoms. The molecule has 0 aromatic rings. The van der Waals surface area contributed by atoms with E-state index in [0.29, 0.717) is 17.4 Å². The van der Waals surface area contributed by atoms with E-state index in [0.717, 1.165) is 64.2 Å². The van der Waals surface area contributed by atoms with Crippen molar-refractivity contribution in [3.63, 3.8) is 0 Å². The Morgan fingerprint density at radius 2 is 0.722 bits per heavy atom. The highest BCUT2D eigenvalue weighted by Crippen LogP contribution is 2.18. The molecule has 0 aromatic heterocycles. The summed E-state index contributed by atoms with van der Waals surface area (Å²) in [5.41, 5.74) is 0. The molecule has 0 aliphatic heterocycles. The molecule has 0 rings (SSSR count). The number of carbonyl (C=O) groups excluding carboxylic acids is 2. The Morgan fingerprint density at radius 1 is 0.392 bits per heavy atom. The minimum atomic E-state index is -1.51. The SMILES string of the molecule is CC/C=C\C/C=C\C/C=C\C/C=C\CCCCCCCCCCCCCCCCC(=O)OC(COC(=O)CCCCCCCCCCCCCCCCC/C=C\CCCCCCCCCC)COC(OCC[N+](C)(C)C)C(=O)O. The summed E-state index contributed by atoms with van der Waals surface area (Å²) in [4.78, 5) is 37.6.